The topological polar surface area (TPSA) is 52.6 Å². The summed E-state index contributed by atoms with van der Waals surface area (Å²) in [6.45, 7) is 4.88. The second kappa shape index (κ2) is 6.28. The average molecular weight is 335 g/mol. The van der Waals surface area contributed by atoms with Gasteiger partial charge in [0.25, 0.3) is 0 Å². The molecule has 4 nitrogen and oxygen atoms in total. The zero-order chi connectivity index (χ0) is 16.8. The Morgan fingerprint density at radius 3 is 2.33 bits per heavy atom. The van der Waals surface area contributed by atoms with Gasteiger partial charge in [0.2, 0.25) is 5.91 Å². The summed E-state index contributed by atoms with van der Waals surface area (Å²) in [7, 11) is 0. The molecule has 3 atom stereocenters. The van der Waals surface area contributed by atoms with E-state index in [2.05, 4.69) is 17.1 Å². The number of nitrogens with zero attached hydrogens (tertiary/aromatic N) is 1. The van der Waals surface area contributed by atoms with Gasteiger partial charge in [-0.3, -0.25) is 9.69 Å². The van der Waals surface area contributed by atoms with Crippen LogP contribution in [0.2, 0.25) is 0 Å². The van der Waals surface area contributed by atoms with Crippen molar-refractivity contribution in [3.05, 3.63) is 0 Å². The van der Waals surface area contributed by atoms with Gasteiger partial charge in [-0.05, 0) is 88.6 Å². The zero-order valence-corrected chi connectivity index (χ0v) is 15.2. The summed E-state index contributed by atoms with van der Waals surface area (Å²) in [5.41, 5.74) is -0.291. The van der Waals surface area contributed by atoms with Crippen LogP contribution in [0, 0.1) is 17.3 Å². The van der Waals surface area contributed by atoms with Gasteiger partial charge in [-0.1, -0.05) is 12.8 Å². The van der Waals surface area contributed by atoms with Gasteiger partial charge in [0.1, 0.15) is 0 Å². The molecular formula is C20H34N2O2. The number of amides is 1. The lowest BCUT2D eigenvalue weighted by atomic mass is 9.46. The van der Waals surface area contributed by atoms with E-state index >= 15 is 0 Å². The number of carbonyl (C=O) groups is 1. The molecule has 4 heteroatoms. The van der Waals surface area contributed by atoms with Crippen LogP contribution in [0.3, 0.4) is 0 Å². The molecule has 1 saturated heterocycles. The van der Waals surface area contributed by atoms with Crippen molar-refractivity contribution in [3.63, 3.8) is 0 Å². The Morgan fingerprint density at radius 1 is 1.12 bits per heavy atom. The molecular weight excluding hydrogens is 300 g/mol. The number of likely N-dealkylation sites (tertiary alicyclic amines) is 1. The first kappa shape index (κ1) is 16.8. The molecule has 4 saturated carbocycles. The fourth-order valence-electron chi connectivity index (χ4n) is 6.73. The van der Waals surface area contributed by atoms with Crippen molar-refractivity contribution in [3.8, 4) is 0 Å². The summed E-state index contributed by atoms with van der Waals surface area (Å²) in [6, 6.07) is 0.189. The monoisotopic (exact) mass is 334 g/mol. The van der Waals surface area contributed by atoms with Gasteiger partial charge < -0.3 is 10.4 Å². The van der Waals surface area contributed by atoms with Crippen LogP contribution < -0.4 is 5.32 Å². The normalized spacial score (nSPS) is 43.4. The highest BCUT2D eigenvalue weighted by Gasteiger charge is 2.58. The largest absolute Gasteiger partial charge is 0.390 e. The first-order valence-electron chi connectivity index (χ1n) is 10.2. The van der Waals surface area contributed by atoms with Gasteiger partial charge in [-0.2, -0.15) is 0 Å². The standard InChI is InChI=1S/C20H34N2O2/c1-15(21-18(23)13-22-6-4-2-3-5-7-22)19-9-16-8-17(10-19)12-20(24,11-16)14-19/h15-17,24H,2-14H2,1H3,(H,21,23)/t15-,16+,17+,19?,20?/m0/s1. The van der Waals surface area contributed by atoms with Crippen molar-refractivity contribution < 1.29 is 9.90 Å². The molecule has 5 aliphatic rings. The van der Waals surface area contributed by atoms with E-state index < -0.39 is 5.60 Å². The van der Waals surface area contributed by atoms with E-state index in [1.807, 2.05) is 0 Å². The van der Waals surface area contributed by atoms with Gasteiger partial charge in [0.15, 0.2) is 0 Å². The molecule has 0 unspecified atom stereocenters. The molecule has 1 amide bonds. The third-order valence-electron chi connectivity index (χ3n) is 7.44. The van der Waals surface area contributed by atoms with Crippen molar-refractivity contribution in [1.29, 1.82) is 0 Å². The Kier molecular flexibility index (Phi) is 4.41. The van der Waals surface area contributed by atoms with E-state index in [1.54, 1.807) is 0 Å². The van der Waals surface area contributed by atoms with Crippen LogP contribution in [0.4, 0.5) is 0 Å². The molecule has 4 bridgehead atoms. The van der Waals surface area contributed by atoms with Gasteiger partial charge in [-0.15, -0.1) is 0 Å². The fraction of sp³-hybridized carbons (Fsp3) is 0.950. The number of rotatable bonds is 4. The summed E-state index contributed by atoms with van der Waals surface area (Å²) in [6.07, 6.45) is 11.7. The van der Waals surface area contributed by atoms with Crippen LogP contribution in [-0.4, -0.2) is 47.2 Å². The van der Waals surface area contributed by atoms with Gasteiger partial charge in [0, 0.05) is 6.04 Å². The Bertz CT molecular complexity index is 470. The van der Waals surface area contributed by atoms with Gasteiger partial charge >= 0.3 is 0 Å². The molecule has 5 rings (SSSR count). The molecule has 0 aromatic heterocycles. The quantitative estimate of drug-likeness (QED) is 0.831. The number of hydrogen-bond acceptors (Lipinski definition) is 3. The minimum absolute atomic E-state index is 0.146. The van der Waals surface area contributed by atoms with Crippen molar-refractivity contribution in [2.75, 3.05) is 19.6 Å². The van der Waals surface area contributed by atoms with Crippen LogP contribution in [0.5, 0.6) is 0 Å². The van der Waals surface area contributed by atoms with Gasteiger partial charge in [0.05, 0.1) is 12.1 Å². The van der Waals surface area contributed by atoms with Crippen LogP contribution >= 0.6 is 0 Å². The number of aliphatic hydroxyl groups is 1. The molecule has 2 N–H and O–H groups in total. The minimum atomic E-state index is -0.437. The zero-order valence-electron chi connectivity index (χ0n) is 15.2. The minimum Gasteiger partial charge on any atom is -0.390 e. The average Bonchev–Trinajstić information content (AvgIpc) is 2.73. The Morgan fingerprint density at radius 2 is 1.75 bits per heavy atom. The summed E-state index contributed by atoms with van der Waals surface area (Å²) in [5.74, 6) is 1.55. The number of nitrogens with one attached hydrogen (secondary N) is 1. The smallest absolute Gasteiger partial charge is 0.234 e. The third-order valence-corrected chi connectivity index (χ3v) is 7.44. The molecule has 4 aliphatic carbocycles. The fourth-order valence-corrected chi connectivity index (χ4v) is 6.73. The van der Waals surface area contributed by atoms with Crippen molar-refractivity contribution >= 4 is 5.91 Å². The lowest BCUT2D eigenvalue weighted by Gasteiger charge is -2.62. The first-order chi connectivity index (χ1) is 11.5. The molecule has 0 aromatic carbocycles. The lowest BCUT2D eigenvalue weighted by Crippen LogP contribution is -2.62. The van der Waals surface area contributed by atoms with Crippen LogP contribution in [0.25, 0.3) is 0 Å². The van der Waals surface area contributed by atoms with E-state index in [1.165, 1.54) is 44.9 Å². The van der Waals surface area contributed by atoms with Gasteiger partial charge in [-0.25, -0.2) is 0 Å². The maximum Gasteiger partial charge on any atom is 0.234 e. The van der Waals surface area contributed by atoms with Crippen molar-refractivity contribution in [2.45, 2.75) is 82.8 Å². The maximum absolute atomic E-state index is 12.6. The third kappa shape index (κ3) is 3.24. The van der Waals surface area contributed by atoms with Crippen LogP contribution in [0.1, 0.15) is 71.1 Å². The van der Waals surface area contributed by atoms with E-state index in [4.69, 9.17) is 0 Å². The molecule has 1 aliphatic heterocycles. The predicted molar refractivity (Wildman–Crippen MR) is 94.6 cm³/mol. The lowest BCUT2D eigenvalue weighted by molar-refractivity contribution is -0.173. The molecule has 136 valence electrons. The Balaban J connectivity index is 1.37. The van der Waals surface area contributed by atoms with E-state index in [0.29, 0.717) is 18.4 Å². The summed E-state index contributed by atoms with van der Waals surface area (Å²) in [4.78, 5) is 14.9. The Labute approximate surface area is 146 Å². The highest BCUT2D eigenvalue weighted by atomic mass is 16.3. The maximum atomic E-state index is 12.6. The number of carbonyl (C=O) groups excluding carboxylic acids is 1. The van der Waals surface area contributed by atoms with Crippen molar-refractivity contribution in [2.24, 2.45) is 17.3 Å². The van der Waals surface area contributed by atoms with E-state index in [9.17, 15) is 9.90 Å². The van der Waals surface area contributed by atoms with Crippen LogP contribution in [0.15, 0.2) is 0 Å². The van der Waals surface area contributed by atoms with Crippen molar-refractivity contribution in [1.82, 2.24) is 10.2 Å². The SMILES string of the molecule is C[C@H](NC(=O)CN1CCCCCC1)C12C[C@H]3C[C@@H](CC(O)(C3)C1)C2. The second-order valence-corrected chi connectivity index (χ2v) is 9.53. The molecule has 5 fully saturated rings. The number of hydrogen-bond donors (Lipinski definition) is 2. The van der Waals surface area contributed by atoms with E-state index in [0.717, 1.165) is 32.4 Å². The predicted octanol–water partition coefficient (Wildman–Crippen LogP) is 2.70. The summed E-state index contributed by atoms with van der Waals surface area (Å²) in [5, 5.41) is 14.3. The molecule has 0 radical (unpaired) electrons. The molecule has 0 spiro atoms. The summed E-state index contributed by atoms with van der Waals surface area (Å²) < 4.78 is 0. The molecule has 1 heterocycles. The highest BCUT2D eigenvalue weighted by Crippen LogP contribution is 2.62. The van der Waals surface area contributed by atoms with E-state index in [-0.39, 0.29) is 17.4 Å². The Hall–Kier alpha value is -0.610. The van der Waals surface area contributed by atoms with Crippen LogP contribution in [-0.2, 0) is 4.79 Å². The highest BCUT2D eigenvalue weighted by molar-refractivity contribution is 5.78. The second-order valence-electron chi connectivity index (χ2n) is 9.53. The summed E-state index contributed by atoms with van der Waals surface area (Å²) >= 11 is 0. The molecule has 0 aromatic rings. The first-order valence-corrected chi connectivity index (χ1v) is 10.2. The molecule has 24 heavy (non-hydrogen) atoms.